The van der Waals surface area contributed by atoms with Crippen molar-refractivity contribution in [2.75, 3.05) is 42.9 Å². The number of amides is 1. The number of piperazine rings is 1. The molecule has 4 aromatic rings. The molecule has 0 spiro atoms. The topological polar surface area (TPSA) is 114 Å². The van der Waals surface area contributed by atoms with E-state index in [9.17, 15) is 18.0 Å². The number of primary amides is 1. The molecular weight excluding hydrogens is 497 g/mol. The molecule has 0 radical (unpaired) electrons. The van der Waals surface area contributed by atoms with E-state index in [4.69, 9.17) is 10.5 Å². The van der Waals surface area contributed by atoms with Crippen molar-refractivity contribution in [3.8, 4) is 16.3 Å². The largest absolute Gasteiger partial charge is 0.410 e. The first kappa shape index (κ1) is 23.8. The maximum absolute atomic E-state index is 12.6. The molecule has 1 aromatic carbocycles. The summed E-state index contributed by atoms with van der Waals surface area (Å²) >= 11 is 1.22. The van der Waals surface area contributed by atoms with E-state index in [0.29, 0.717) is 48.4 Å². The zero-order valence-corrected chi connectivity index (χ0v) is 19.6. The number of nitrogens with one attached hydrogen (secondary N) is 1. The normalized spacial score (nSPS) is 14.8. The highest BCUT2D eigenvalue weighted by molar-refractivity contribution is 7.12. The molecule has 10 nitrogen and oxygen atoms in total. The number of alkyl halides is 3. The van der Waals surface area contributed by atoms with Crippen LogP contribution in [0.1, 0.15) is 0 Å². The molecule has 1 aliphatic heterocycles. The zero-order chi connectivity index (χ0) is 25.3. The van der Waals surface area contributed by atoms with Crippen molar-refractivity contribution in [3.05, 3.63) is 48.2 Å². The summed E-state index contributed by atoms with van der Waals surface area (Å²) in [6, 6.07) is 9.27. The Morgan fingerprint density at radius 2 is 1.89 bits per heavy atom. The molecule has 3 aromatic heterocycles. The van der Waals surface area contributed by atoms with Gasteiger partial charge in [-0.1, -0.05) is 0 Å². The number of anilines is 3. The molecule has 0 aliphatic carbocycles. The third-order valence-corrected chi connectivity index (χ3v) is 6.45. The first-order valence-corrected chi connectivity index (χ1v) is 11.8. The summed E-state index contributed by atoms with van der Waals surface area (Å²) in [4.78, 5) is 23.3. The van der Waals surface area contributed by atoms with Crippen LogP contribution < -0.4 is 20.7 Å². The highest BCUT2D eigenvalue weighted by Crippen LogP contribution is 2.32. The lowest BCUT2D eigenvalue weighted by Gasteiger charge is -2.36. The molecule has 1 amide bonds. The van der Waals surface area contributed by atoms with Crippen LogP contribution >= 0.6 is 11.3 Å². The summed E-state index contributed by atoms with van der Waals surface area (Å²) < 4.78 is 44.4. The summed E-state index contributed by atoms with van der Waals surface area (Å²) in [5, 5.41) is 9.68. The third kappa shape index (κ3) is 5.33. The number of carbonyl (C=O) groups is 1. The van der Waals surface area contributed by atoms with Gasteiger partial charge in [0.25, 0.3) is 0 Å². The molecule has 0 bridgehead atoms. The molecule has 36 heavy (non-hydrogen) atoms. The minimum Gasteiger partial charge on any atom is -0.399 e. The van der Waals surface area contributed by atoms with E-state index < -0.39 is 18.8 Å². The number of benzene rings is 1. The van der Waals surface area contributed by atoms with Crippen LogP contribution in [0, 0.1) is 0 Å². The second-order valence-electron chi connectivity index (χ2n) is 8.11. The first-order chi connectivity index (χ1) is 17.2. The molecule has 0 unspecified atom stereocenters. The number of carbonyl (C=O) groups excluding carboxylic acids is 1. The first-order valence-electron chi connectivity index (χ1n) is 10.9. The maximum Gasteiger partial charge on any atom is 0.410 e. The van der Waals surface area contributed by atoms with Crippen molar-refractivity contribution >= 4 is 40.3 Å². The van der Waals surface area contributed by atoms with Crippen LogP contribution in [0.2, 0.25) is 0 Å². The summed E-state index contributed by atoms with van der Waals surface area (Å²) in [6.07, 6.45) is -2.01. The average Bonchev–Trinajstić information content (AvgIpc) is 3.49. The quantitative estimate of drug-likeness (QED) is 0.397. The second kappa shape index (κ2) is 9.62. The zero-order valence-electron chi connectivity index (χ0n) is 18.8. The number of thiophene rings is 1. The molecule has 1 fully saturated rings. The summed E-state index contributed by atoms with van der Waals surface area (Å²) in [6.45, 7) is 0.908. The lowest BCUT2D eigenvalue weighted by molar-refractivity contribution is -0.146. The van der Waals surface area contributed by atoms with Crippen LogP contribution in [0.4, 0.5) is 35.2 Å². The summed E-state index contributed by atoms with van der Waals surface area (Å²) in [7, 11) is 0. The van der Waals surface area contributed by atoms with Crippen molar-refractivity contribution in [2.24, 2.45) is 5.73 Å². The molecule has 3 N–H and O–H groups in total. The van der Waals surface area contributed by atoms with Gasteiger partial charge in [-0.2, -0.15) is 18.3 Å². The van der Waals surface area contributed by atoms with Gasteiger partial charge in [-0.05, 0) is 24.3 Å². The van der Waals surface area contributed by atoms with Crippen molar-refractivity contribution in [1.82, 2.24) is 24.5 Å². The van der Waals surface area contributed by atoms with Crippen LogP contribution in [0.3, 0.4) is 0 Å². The monoisotopic (exact) mass is 518 g/mol. The van der Waals surface area contributed by atoms with E-state index in [0.717, 1.165) is 16.9 Å². The molecule has 4 heterocycles. The van der Waals surface area contributed by atoms with Crippen molar-refractivity contribution in [2.45, 2.75) is 6.18 Å². The molecule has 1 aliphatic rings. The van der Waals surface area contributed by atoms with Crippen LogP contribution in [-0.4, -0.2) is 69.5 Å². The fourth-order valence-corrected chi connectivity index (χ4v) is 4.77. The predicted molar refractivity (Wildman–Crippen MR) is 129 cm³/mol. The maximum atomic E-state index is 12.6. The van der Waals surface area contributed by atoms with Crippen molar-refractivity contribution in [3.63, 3.8) is 0 Å². The van der Waals surface area contributed by atoms with E-state index >= 15 is 0 Å². The van der Waals surface area contributed by atoms with Gasteiger partial charge in [0, 0.05) is 54.6 Å². The van der Waals surface area contributed by atoms with E-state index in [1.165, 1.54) is 22.6 Å². The fraction of sp³-hybridized carbons (Fsp3) is 0.273. The van der Waals surface area contributed by atoms with Crippen molar-refractivity contribution < 1.29 is 22.7 Å². The minimum atomic E-state index is -4.18. The van der Waals surface area contributed by atoms with Gasteiger partial charge in [-0.3, -0.25) is 4.90 Å². The van der Waals surface area contributed by atoms with Gasteiger partial charge in [0.2, 0.25) is 0 Å². The third-order valence-electron chi connectivity index (χ3n) is 5.65. The van der Waals surface area contributed by atoms with Gasteiger partial charge in [0.05, 0.1) is 18.4 Å². The van der Waals surface area contributed by atoms with Crippen LogP contribution in [0.15, 0.2) is 48.2 Å². The number of hydrogen-bond donors (Lipinski definition) is 2. The average molecular weight is 519 g/mol. The molecule has 1 saturated heterocycles. The van der Waals surface area contributed by atoms with Gasteiger partial charge in [0.15, 0.2) is 16.5 Å². The highest BCUT2D eigenvalue weighted by atomic mass is 32.1. The number of aromatic nitrogens is 4. The lowest BCUT2D eigenvalue weighted by atomic mass is 10.2. The smallest absolute Gasteiger partial charge is 0.399 e. The minimum absolute atomic E-state index is 0.356. The number of nitrogens with two attached hydrogens (primary N) is 1. The Bertz CT molecular complexity index is 1360. The number of halogens is 3. The number of fused-ring (bicyclic) bond motifs is 1. The Morgan fingerprint density at radius 3 is 2.58 bits per heavy atom. The molecule has 14 heteroatoms. The Balaban J connectivity index is 1.28. The van der Waals surface area contributed by atoms with Gasteiger partial charge in [-0.25, -0.2) is 19.3 Å². The number of rotatable bonds is 6. The van der Waals surface area contributed by atoms with E-state index in [2.05, 4.69) is 25.3 Å². The lowest BCUT2D eigenvalue weighted by Crippen LogP contribution is -2.49. The van der Waals surface area contributed by atoms with Crippen molar-refractivity contribution in [1.29, 1.82) is 0 Å². The summed E-state index contributed by atoms with van der Waals surface area (Å²) in [5.74, 6) is 0.494. The standard InChI is InChI=1S/C22H21F3N8O2S/c23-22(24,25)12-31-5-7-32(8-6-31)16-3-1-15(2-4-16)30-19-20-28-13-29-33(20)17(10-27-19)14-9-18(36-11-14)35-21(26)34/h1-4,9-11,13H,5-8,12H2,(H2,26,34)(H,27,30). The second-order valence-corrected chi connectivity index (χ2v) is 8.99. The van der Waals surface area contributed by atoms with Gasteiger partial charge in [0.1, 0.15) is 6.33 Å². The Labute approximate surface area is 207 Å². The number of ether oxygens (including phenoxy) is 1. The van der Waals surface area contributed by atoms with Crippen LogP contribution in [0.5, 0.6) is 5.06 Å². The molecule has 188 valence electrons. The van der Waals surface area contributed by atoms with Gasteiger partial charge >= 0.3 is 12.3 Å². The van der Waals surface area contributed by atoms with Gasteiger partial charge < -0.3 is 20.7 Å². The van der Waals surface area contributed by atoms with Gasteiger partial charge in [-0.15, -0.1) is 11.3 Å². The fourth-order valence-electron chi connectivity index (χ4n) is 4.02. The molecule has 0 atom stereocenters. The Morgan fingerprint density at radius 1 is 1.14 bits per heavy atom. The highest BCUT2D eigenvalue weighted by Gasteiger charge is 2.32. The molecule has 5 rings (SSSR count). The molecular formula is C22H21F3N8O2S. The number of hydrogen-bond acceptors (Lipinski definition) is 9. The van der Waals surface area contributed by atoms with E-state index in [1.54, 1.807) is 22.2 Å². The Hall–Kier alpha value is -3.91. The SMILES string of the molecule is NC(=O)Oc1cc(-c2cnc(Nc3ccc(N4CCN(CC(F)(F)F)CC4)cc3)c3ncnn23)cs1. The van der Waals surface area contributed by atoms with Crippen LogP contribution in [-0.2, 0) is 0 Å². The summed E-state index contributed by atoms with van der Waals surface area (Å²) in [5.41, 5.74) is 8.68. The predicted octanol–water partition coefficient (Wildman–Crippen LogP) is 3.74. The molecule has 0 saturated carbocycles. The van der Waals surface area contributed by atoms with E-state index in [-0.39, 0.29) is 0 Å². The van der Waals surface area contributed by atoms with E-state index in [1.807, 2.05) is 24.3 Å². The number of nitrogens with zero attached hydrogens (tertiary/aromatic N) is 6. The Kier molecular flexibility index (Phi) is 6.36. The van der Waals surface area contributed by atoms with Crippen LogP contribution in [0.25, 0.3) is 16.9 Å².